The molecule has 1 heterocycles. The molecule has 0 aromatic carbocycles. The molecule has 1 atom stereocenters. The van der Waals surface area contributed by atoms with Crippen LogP contribution in [0.3, 0.4) is 0 Å². The number of likely N-dealkylation sites (N-methyl/N-ethyl adjacent to an activating group) is 1. The number of esters is 1. The molecule has 4 nitrogen and oxygen atoms in total. The third-order valence-corrected chi connectivity index (χ3v) is 3.29. The van der Waals surface area contributed by atoms with Gasteiger partial charge in [0.25, 0.3) is 0 Å². The first kappa shape index (κ1) is 13.5. The highest BCUT2D eigenvalue weighted by Crippen LogP contribution is 2.14. The van der Waals surface area contributed by atoms with Crippen LogP contribution in [0.2, 0.25) is 0 Å². The Morgan fingerprint density at radius 2 is 2.12 bits per heavy atom. The lowest BCUT2D eigenvalue weighted by Gasteiger charge is -2.30. The van der Waals surface area contributed by atoms with Crippen molar-refractivity contribution in [1.82, 2.24) is 10.2 Å². The molecule has 1 aliphatic rings. The van der Waals surface area contributed by atoms with Gasteiger partial charge in [-0.05, 0) is 52.7 Å². The number of ether oxygens (including phenoxy) is 1. The number of carbonyl (C=O) groups excluding carboxylic acids is 1. The number of carbonyl (C=O) groups is 1. The quantitative estimate of drug-likeness (QED) is 0.709. The van der Waals surface area contributed by atoms with Crippen LogP contribution in [0.5, 0.6) is 0 Å². The van der Waals surface area contributed by atoms with Crippen molar-refractivity contribution in [2.45, 2.75) is 32.7 Å². The molecular formula is C12H24N2O2. The second kappa shape index (κ2) is 6.86. The van der Waals surface area contributed by atoms with Gasteiger partial charge in [0.05, 0.1) is 6.61 Å². The van der Waals surface area contributed by atoms with Crippen LogP contribution in [-0.2, 0) is 9.53 Å². The Labute approximate surface area is 98.3 Å². The fourth-order valence-corrected chi connectivity index (χ4v) is 2.07. The summed E-state index contributed by atoms with van der Waals surface area (Å²) >= 11 is 0. The van der Waals surface area contributed by atoms with Gasteiger partial charge < -0.3 is 10.1 Å². The Morgan fingerprint density at radius 1 is 1.50 bits per heavy atom. The number of nitrogens with one attached hydrogen (secondary N) is 1. The van der Waals surface area contributed by atoms with Crippen molar-refractivity contribution in [3.05, 3.63) is 0 Å². The minimum absolute atomic E-state index is 0.112. The molecule has 1 unspecified atom stereocenters. The highest BCUT2D eigenvalue weighted by atomic mass is 16.5. The van der Waals surface area contributed by atoms with Crippen LogP contribution in [0.15, 0.2) is 0 Å². The van der Waals surface area contributed by atoms with E-state index in [1.165, 1.54) is 12.8 Å². The average Bonchev–Trinajstić information content (AvgIpc) is 2.29. The van der Waals surface area contributed by atoms with E-state index in [2.05, 4.69) is 10.2 Å². The van der Waals surface area contributed by atoms with E-state index in [0.29, 0.717) is 12.5 Å². The van der Waals surface area contributed by atoms with Crippen LogP contribution in [0.25, 0.3) is 0 Å². The van der Waals surface area contributed by atoms with Crippen molar-refractivity contribution in [2.75, 3.05) is 33.3 Å². The van der Waals surface area contributed by atoms with Gasteiger partial charge in [-0.2, -0.15) is 0 Å². The molecule has 0 radical (unpaired) electrons. The van der Waals surface area contributed by atoms with Crippen molar-refractivity contribution in [3.63, 3.8) is 0 Å². The maximum absolute atomic E-state index is 11.5. The van der Waals surface area contributed by atoms with Crippen LogP contribution in [0.1, 0.15) is 26.7 Å². The Morgan fingerprint density at radius 3 is 2.69 bits per heavy atom. The highest BCUT2D eigenvalue weighted by molar-refractivity contribution is 5.75. The van der Waals surface area contributed by atoms with E-state index < -0.39 is 0 Å². The summed E-state index contributed by atoms with van der Waals surface area (Å²) in [7, 11) is 2.00. The molecule has 1 rings (SSSR count). The average molecular weight is 228 g/mol. The highest BCUT2D eigenvalue weighted by Gasteiger charge is 2.22. The predicted molar refractivity (Wildman–Crippen MR) is 64.3 cm³/mol. The molecule has 4 heteroatoms. The maximum Gasteiger partial charge on any atom is 0.323 e. The summed E-state index contributed by atoms with van der Waals surface area (Å²) in [6.45, 7) is 7.42. The topological polar surface area (TPSA) is 41.6 Å². The molecule has 1 fully saturated rings. The molecule has 1 N–H and O–H groups in total. The largest absolute Gasteiger partial charge is 0.465 e. The second-order valence-electron chi connectivity index (χ2n) is 4.56. The first-order valence-electron chi connectivity index (χ1n) is 6.22. The van der Waals surface area contributed by atoms with Crippen molar-refractivity contribution < 1.29 is 9.53 Å². The Bertz CT molecular complexity index is 215. The Hall–Kier alpha value is -0.610. The predicted octanol–water partition coefficient (Wildman–Crippen LogP) is 0.869. The molecule has 0 bridgehead atoms. The molecule has 0 aromatic rings. The summed E-state index contributed by atoms with van der Waals surface area (Å²) in [5, 5.41) is 3.35. The Kier molecular flexibility index (Phi) is 5.77. The van der Waals surface area contributed by atoms with Crippen LogP contribution in [0, 0.1) is 5.92 Å². The normalized spacial score (nSPS) is 19.8. The SMILES string of the molecule is CCOC(=O)C(C)N(C)CC1CCNCC1. The lowest BCUT2D eigenvalue weighted by Crippen LogP contribution is -2.42. The molecule has 1 aliphatic heterocycles. The zero-order chi connectivity index (χ0) is 12.0. The lowest BCUT2D eigenvalue weighted by atomic mass is 9.97. The van der Waals surface area contributed by atoms with Gasteiger partial charge in [-0.15, -0.1) is 0 Å². The molecule has 0 spiro atoms. The molecule has 0 amide bonds. The summed E-state index contributed by atoms with van der Waals surface area (Å²) in [5.74, 6) is 0.599. The zero-order valence-electron chi connectivity index (χ0n) is 10.7. The van der Waals surface area contributed by atoms with Gasteiger partial charge in [-0.1, -0.05) is 0 Å². The first-order valence-corrected chi connectivity index (χ1v) is 6.22. The van der Waals surface area contributed by atoms with Crippen molar-refractivity contribution >= 4 is 5.97 Å². The molecule has 16 heavy (non-hydrogen) atoms. The van der Waals surface area contributed by atoms with E-state index >= 15 is 0 Å². The zero-order valence-corrected chi connectivity index (χ0v) is 10.7. The van der Waals surface area contributed by atoms with E-state index in [9.17, 15) is 4.79 Å². The van der Waals surface area contributed by atoms with E-state index in [1.54, 1.807) is 0 Å². The minimum atomic E-state index is -0.130. The van der Waals surface area contributed by atoms with Crippen LogP contribution >= 0.6 is 0 Å². The fraction of sp³-hybridized carbons (Fsp3) is 0.917. The van der Waals surface area contributed by atoms with E-state index in [1.807, 2.05) is 20.9 Å². The lowest BCUT2D eigenvalue weighted by molar-refractivity contribution is -0.148. The first-order chi connectivity index (χ1) is 7.65. The van der Waals surface area contributed by atoms with Gasteiger partial charge in [0.15, 0.2) is 0 Å². The summed E-state index contributed by atoms with van der Waals surface area (Å²) in [5.41, 5.74) is 0. The van der Waals surface area contributed by atoms with Gasteiger partial charge in [0.2, 0.25) is 0 Å². The standard InChI is InChI=1S/C12H24N2O2/c1-4-16-12(15)10(2)14(3)9-11-5-7-13-8-6-11/h10-11,13H,4-9H2,1-3H3. The van der Waals surface area contributed by atoms with Crippen LogP contribution in [-0.4, -0.2) is 50.2 Å². The smallest absolute Gasteiger partial charge is 0.323 e. The van der Waals surface area contributed by atoms with E-state index in [0.717, 1.165) is 19.6 Å². The minimum Gasteiger partial charge on any atom is -0.465 e. The number of piperidine rings is 1. The number of rotatable bonds is 5. The van der Waals surface area contributed by atoms with Crippen molar-refractivity contribution in [2.24, 2.45) is 5.92 Å². The van der Waals surface area contributed by atoms with Crippen molar-refractivity contribution in [3.8, 4) is 0 Å². The number of hydrogen-bond donors (Lipinski definition) is 1. The van der Waals surface area contributed by atoms with Gasteiger partial charge in [-0.3, -0.25) is 9.69 Å². The second-order valence-corrected chi connectivity index (χ2v) is 4.56. The van der Waals surface area contributed by atoms with Crippen molar-refractivity contribution in [1.29, 1.82) is 0 Å². The molecule has 0 aliphatic carbocycles. The third kappa shape index (κ3) is 4.10. The fourth-order valence-electron chi connectivity index (χ4n) is 2.07. The van der Waals surface area contributed by atoms with Gasteiger partial charge >= 0.3 is 5.97 Å². The summed E-state index contributed by atoms with van der Waals surface area (Å²) < 4.78 is 5.02. The number of hydrogen-bond acceptors (Lipinski definition) is 4. The molecule has 0 saturated carbocycles. The van der Waals surface area contributed by atoms with E-state index in [-0.39, 0.29) is 12.0 Å². The van der Waals surface area contributed by atoms with Crippen LogP contribution in [0.4, 0.5) is 0 Å². The van der Waals surface area contributed by atoms with Gasteiger partial charge in [0.1, 0.15) is 6.04 Å². The molecule has 94 valence electrons. The molecule has 1 saturated heterocycles. The third-order valence-electron chi connectivity index (χ3n) is 3.29. The summed E-state index contributed by atoms with van der Waals surface area (Å²) in [6.07, 6.45) is 2.42. The molecular weight excluding hydrogens is 204 g/mol. The number of nitrogens with zero attached hydrogens (tertiary/aromatic N) is 1. The van der Waals surface area contributed by atoms with Gasteiger partial charge in [0, 0.05) is 6.54 Å². The summed E-state index contributed by atoms with van der Waals surface area (Å²) in [4.78, 5) is 13.7. The summed E-state index contributed by atoms with van der Waals surface area (Å²) in [6, 6.07) is -0.130. The maximum atomic E-state index is 11.5. The Balaban J connectivity index is 2.32. The molecule has 0 aromatic heterocycles. The van der Waals surface area contributed by atoms with E-state index in [4.69, 9.17) is 4.74 Å². The van der Waals surface area contributed by atoms with Crippen LogP contribution < -0.4 is 5.32 Å². The monoisotopic (exact) mass is 228 g/mol. The van der Waals surface area contributed by atoms with Gasteiger partial charge in [-0.25, -0.2) is 0 Å².